The zero-order valence-corrected chi connectivity index (χ0v) is 14.1. The summed E-state index contributed by atoms with van der Waals surface area (Å²) in [7, 11) is 4.22. The van der Waals surface area contributed by atoms with E-state index in [9.17, 15) is 0 Å². The smallest absolute Gasteiger partial charge is 0.215 e. The van der Waals surface area contributed by atoms with Crippen molar-refractivity contribution in [2.24, 2.45) is 14.1 Å². The summed E-state index contributed by atoms with van der Waals surface area (Å²) in [6.07, 6.45) is 0. The molecule has 0 unspecified atom stereocenters. The van der Waals surface area contributed by atoms with Crippen molar-refractivity contribution in [3.8, 4) is 0 Å². The second kappa shape index (κ2) is 4.22. The average Bonchev–Trinajstić information content (AvgIpc) is 3.26. The van der Waals surface area contributed by atoms with Crippen LogP contribution in [0.15, 0.2) is 60.7 Å². The van der Waals surface area contributed by atoms with E-state index in [1.54, 1.807) is 0 Å². The lowest BCUT2D eigenvalue weighted by atomic mass is 10.1. The molecule has 0 bridgehead atoms. The fraction of sp³-hybridized carbons (Fsp3) is 0.0952. The molecule has 0 N–H and O–H groups in total. The summed E-state index contributed by atoms with van der Waals surface area (Å²) < 4.78 is 6.75. The normalized spacial score (nSPS) is 12.4. The molecule has 3 aromatic carbocycles. The highest BCUT2D eigenvalue weighted by Crippen LogP contribution is 2.36. The van der Waals surface area contributed by atoms with Gasteiger partial charge in [-0.15, -0.1) is 0 Å². The molecule has 0 aliphatic carbocycles. The van der Waals surface area contributed by atoms with Crippen LogP contribution in [-0.2, 0) is 14.1 Å². The van der Waals surface area contributed by atoms with Gasteiger partial charge in [0.25, 0.3) is 0 Å². The number of nitrogens with zero attached hydrogens (tertiary/aromatic N) is 4. The van der Waals surface area contributed by atoms with E-state index in [1.807, 2.05) is 0 Å². The van der Waals surface area contributed by atoms with E-state index in [-0.39, 0.29) is 0 Å². The van der Waals surface area contributed by atoms with Crippen LogP contribution in [0.3, 0.4) is 0 Å². The van der Waals surface area contributed by atoms with Crippen LogP contribution in [0.4, 0.5) is 0 Å². The number of rotatable bonds is 0. The van der Waals surface area contributed by atoms with Gasteiger partial charge in [0.15, 0.2) is 0 Å². The summed E-state index contributed by atoms with van der Waals surface area (Å²) in [6, 6.07) is 21.4. The number of aromatic nitrogens is 4. The standard InChI is InChI=1S/C21H16N4/c1-23-15-8-4-3-7-13(15)19-18(23)12-11-14-20(19)25-17-10-6-5-9-16(17)24(2)21(25)22-14/h3-12H,1-2H3. The fourth-order valence-corrected chi connectivity index (χ4v) is 4.29. The number of para-hydroxylation sites is 3. The van der Waals surface area contributed by atoms with Gasteiger partial charge in [0.2, 0.25) is 5.78 Å². The lowest BCUT2D eigenvalue weighted by Crippen LogP contribution is -1.87. The van der Waals surface area contributed by atoms with E-state index >= 15 is 0 Å². The number of benzene rings is 3. The van der Waals surface area contributed by atoms with Gasteiger partial charge in [-0.25, -0.2) is 4.98 Å². The molecule has 25 heavy (non-hydrogen) atoms. The fourth-order valence-electron chi connectivity index (χ4n) is 4.29. The lowest BCUT2D eigenvalue weighted by Gasteiger charge is -1.99. The molecule has 0 saturated heterocycles. The van der Waals surface area contributed by atoms with Crippen LogP contribution in [0.5, 0.6) is 0 Å². The Bertz CT molecular complexity index is 1460. The van der Waals surface area contributed by atoms with E-state index in [2.05, 4.69) is 88.3 Å². The third kappa shape index (κ3) is 1.41. The van der Waals surface area contributed by atoms with Crippen molar-refractivity contribution in [1.29, 1.82) is 0 Å². The first-order valence-electron chi connectivity index (χ1n) is 8.47. The van der Waals surface area contributed by atoms with Crippen LogP contribution in [0, 0.1) is 0 Å². The monoisotopic (exact) mass is 324 g/mol. The van der Waals surface area contributed by atoms with Crippen molar-refractivity contribution in [2.45, 2.75) is 0 Å². The zero-order valence-electron chi connectivity index (χ0n) is 14.1. The Morgan fingerprint density at radius 1 is 0.680 bits per heavy atom. The predicted molar refractivity (Wildman–Crippen MR) is 103 cm³/mol. The average molecular weight is 324 g/mol. The number of hydrogen-bond acceptors (Lipinski definition) is 1. The third-order valence-corrected chi connectivity index (χ3v) is 5.46. The van der Waals surface area contributed by atoms with Crippen molar-refractivity contribution in [3.05, 3.63) is 60.7 Å². The Morgan fingerprint density at radius 3 is 2.24 bits per heavy atom. The minimum Gasteiger partial charge on any atom is -0.344 e. The molecule has 0 aliphatic heterocycles. The summed E-state index contributed by atoms with van der Waals surface area (Å²) in [5, 5.41) is 2.56. The molecule has 120 valence electrons. The van der Waals surface area contributed by atoms with Gasteiger partial charge in [0, 0.05) is 30.4 Å². The highest BCUT2D eigenvalue weighted by atomic mass is 15.2. The van der Waals surface area contributed by atoms with Gasteiger partial charge in [0.05, 0.1) is 27.6 Å². The van der Waals surface area contributed by atoms with Gasteiger partial charge in [0.1, 0.15) is 0 Å². The molecular weight excluding hydrogens is 308 g/mol. The molecule has 6 aromatic rings. The first-order chi connectivity index (χ1) is 12.3. The highest BCUT2D eigenvalue weighted by molar-refractivity contribution is 6.20. The maximum absolute atomic E-state index is 4.93. The minimum absolute atomic E-state index is 0.983. The minimum atomic E-state index is 0.983. The van der Waals surface area contributed by atoms with Crippen molar-refractivity contribution < 1.29 is 0 Å². The van der Waals surface area contributed by atoms with Gasteiger partial charge < -0.3 is 9.13 Å². The van der Waals surface area contributed by atoms with Crippen LogP contribution >= 0.6 is 0 Å². The van der Waals surface area contributed by atoms with E-state index in [0.29, 0.717) is 0 Å². The SMILES string of the molecule is Cn1c2ccccc2c2c1ccc1nc3n(C)c4ccccc4n3c12. The second-order valence-corrected chi connectivity index (χ2v) is 6.70. The Labute approximate surface area is 143 Å². The van der Waals surface area contributed by atoms with E-state index in [0.717, 1.165) is 11.3 Å². The van der Waals surface area contributed by atoms with E-state index in [1.165, 1.54) is 38.4 Å². The van der Waals surface area contributed by atoms with Crippen LogP contribution < -0.4 is 0 Å². The molecule has 0 atom stereocenters. The van der Waals surface area contributed by atoms with Crippen LogP contribution in [0.2, 0.25) is 0 Å². The second-order valence-electron chi connectivity index (χ2n) is 6.70. The molecule has 0 fully saturated rings. The Balaban J connectivity index is 2.03. The first kappa shape index (κ1) is 13.1. The summed E-state index contributed by atoms with van der Waals surface area (Å²) in [4.78, 5) is 4.93. The summed E-state index contributed by atoms with van der Waals surface area (Å²) in [6.45, 7) is 0. The molecule has 3 aromatic heterocycles. The van der Waals surface area contributed by atoms with Crippen LogP contribution in [0.1, 0.15) is 0 Å². The first-order valence-corrected chi connectivity index (χ1v) is 8.47. The number of imidazole rings is 2. The van der Waals surface area contributed by atoms with Crippen molar-refractivity contribution in [1.82, 2.24) is 18.5 Å². The molecule has 0 radical (unpaired) electrons. The van der Waals surface area contributed by atoms with Crippen molar-refractivity contribution in [2.75, 3.05) is 0 Å². The summed E-state index contributed by atoms with van der Waals surface area (Å²) in [5.41, 5.74) is 7.12. The third-order valence-electron chi connectivity index (χ3n) is 5.46. The Kier molecular flexibility index (Phi) is 2.21. The van der Waals surface area contributed by atoms with Gasteiger partial charge in [-0.05, 0) is 30.3 Å². The Hall–Kier alpha value is -3.27. The number of aryl methyl sites for hydroxylation is 2. The van der Waals surface area contributed by atoms with Crippen LogP contribution in [-0.4, -0.2) is 18.5 Å². The van der Waals surface area contributed by atoms with Gasteiger partial charge in [-0.3, -0.25) is 4.40 Å². The maximum Gasteiger partial charge on any atom is 0.215 e. The zero-order chi connectivity index (χ0) is 16.7. The molecule has 0 aliphatic rings. The molecule has 0 saturated carbocycles. The van der Waals surface area contributed by atoms with Crippen molar-refractivity contribution in [3.63, 3.8) is 0 Å². The predicted octanol–water partition coefficient (Wildman–Crippen LogP) is 4.62. The maximum atomic E-state index is 4.93. The molecule has 3 heterocycles. The number of fused-ring (bicyclic) bond motifs is 9. The summed E-state index contributed by atoms with van der Waals surface area (Å²) >= 11 is 0. The summed E-state index contributed by atoms with van der Waals surface area (Å²) in [5.74, 6) is 0.983. The lowest BCUT2D eigenvalue weighted by molar-refractivity contribution is 0.974. The molecule has 6 rings (SSSR count). The molecule has 0 spiro atoms. The molecular formula is C21H16N4. The van der Waals surface area contributed by atoms with Crippen molar-refractivity contribution >= 4 is 49.7 Å². The Morgan fingerprint density at radius 2 is 1.40 bits per heavy atom. The van der Waals surface area contributed by atoms with Gasteiger partial charge in [-0.1, -0.05) is 30.3 Å². The van der Waals surface area contributed by atoms with Gasteiger partial charge >= 0.3 is 0 Å². The van der Waals surface area contributed by atoms with E-state index in [4.69, 9.17) is 4.98 Å². The molecule has 4 heteroatoms. The molecule has 4 nitrogen and oxygen atoms in total. The quantitative estimate of drug-likeness (QED) is 0.400. The highest BCUT2D eigenvalue weighted by Gasteiger charge is 2.18. The van der Waals surface area contributed by atoms with Crippen LogP contribution in [0.25, 0.3) is 49.7 Å². The molecule has 0 amide bonds. The largest absolute Gasteiger partial charge is 0.344 e. The van der Waals surface area contributed by atoms with Gasteiger partial charge in [-0.2, -0.15) is 0 Å². The number of hydrogen-bond donors (Lipinski definition) is 0. The van der Waals surface area contributed by atoms with E-state index < -0.39 is 0 Å². The topological polar surface area (TPSA) is 27.2 Å².